The first-order valence-electron chi connectivity index (χ1n) is 6.79. The molecule has 0 atom stereocenters. The molecule has 0 radical (unpaired) electrons. The molecule has 0 amide bonds. The standard InChI is InChI=1S/C17H13N2O3.BrH/c20-17(15-7-3-4-8-16(15)19(21)22)12-18-10-9-13-5-1-2-6-14(13)11-18;/h1-11H,12H2;1H/q+1;/p-1. The summed E-state index contributed by atoms with van der Waals surface area (Å²) in [7, 11) is 0. The minimum Gasteiger partial charge on any atom is -1.00 e. The van der Waals surface area contributed by atoms with Gasteiger partial charge in [0.25, 0.3) is 5.69 Å². The second-order valence-electron chi connectivity index (χ2n) is 4.94. The number of nitro benzene ring substituents is 1. The van der Waals surface area contributed by atoms with Crippen LogP contribution in [-0.2, 0) is 6.54 Å². The number of ketones is 1. The lowest BCUT2D eigenvalue weighted by Crippen LogP contribution is -3.00. The monoisotopic (exact) mass is 372 g/mol. The lowest BCUT2D eigenvalue weighted by atomic mass is 10.1. The largest absolute Gasteiger partial charge is 1.00 e. The van der Waals surface area contributed by atoms with Gasteiger partial charge in [-0.2, -0.15) is 4.57 Å². The Balaban J connectivity index is 0.00000192. The third-order valence-electron chi connectivity index (χ3n) is 3.47. The molecule has 0 fully saturated rings. The predicted octanol–water partition coefficient (Wildman–Crippen LogP) is -0.0776. The molecule has 116 valence electrons. The number of rotatable bonds is 4. The summed E-state index contributed by atoms with van der Waals surface area (Å²) in [6.45, 7) is 0.0652. The summed E-state index contributed by atoms with van der Waals surface area (Å²) in [4.78, 5) is 22.8. The molecule has 2 aromatic carbocycles. The van der Waals surface area contributed by atoms with Gasteiger partial charge in [0.05, 0.1) is 4.92 Å². The van der Waals surface area contributed by atoms with Crippen molar-refractivity contribution in [2.24, 2.45) is 0 Å². The summed E-state index contributed by atoms with van der Waals surface area (Å²) in [5.41, 5.74) is -0.0259. The van der Waals surface area contributed by atoms with E-state index in [0.29, 0.717) is 0 Å². The van der Waals surface area contributed by atoms with Crippen LogP contribution in [0.3, 0.4) is 0 Å². The average Bonchev–Trinajstić information content (AvgIpc) is 2.54. The van der Waals surface area contributed by atoms with Crippen molar-refractivity contribution in [3.05, 3.63) is 82.7 Å². The Kier molecular flexibility index (Phi) is 5.18. The van der Waals surface area contributed by atoms with Gasteiger partial charge in [0.15, 0.2) is 12.4 Å². The third-order valence-corrected chi connectivity index (χ3v) is 3.47. The van der Waals surface area contributed by atoms with Crippen LogP contribution in [0.25, 0.3) is 10.8 Å². The van der Waals surface area contributed by atoms with Crippen molar-refractivity contribution >= 4 is 22.2 Å². The van der Waals surface area contributed by atoms with E-state index < -0.39 is 4.92 Å². The van der Waals surface area contributed by atoms with Gasteiger partial charge < -0.3 is 17.0 Å². The number of Topliss-reactive ketones (excluding diaryl/α,β-unsaturated/α-hetero) is 1. The Morgan fingerprint density at radius 1 is 1.00 bits per heavy atom. The fourth-order valence-corrected chi connectivity index (χ4v) is 2.40. The van der Waals surface area contributed by atoms with Crippen molar-refractivity contribution in [3.63, 3.8) is 0 Å². The number of fused-ring (bicyclic) bond motifs is 1. The molecule has 6 heteroatoms. The maximum absolute atomic E-state index is 12.4. The Bertz CT molecular complexity index is 880. The van der Waals surface area contributed by atoms with E-state index in [1.54, 1.807) is 22.9 Å². The van der Waals surface area contributed by atoms with E-state index in [9.17, 15) is 14.9 Å². The van der Waals surface area contributed by atoms with E-state index in [0.717, 1.165) is 10.8 Å². The number of carbonyl (C=O) groups is 1. The lowest BCUT2D eigenvalue weighted by Gasteiger charge is -2.01. The van der Waals surface area contributed by atoms with Crippen LogP contribution in [0.15, 0.2) is 67.0 Å². The Morgan fingerprint density at radius 2 is 1.65 bits per heavy atom. The number of nitro groups is 1. The van der Waals surface area contributed by atoms with Crippen LogP contribution in [0.1, 0.15) is 10.4 Å². The quantitative estimate of drug-likeness (QED) is 0.278. The number of para-hydroxylation sites is 1. The lowest BCUT2D eigenvalue weighted by molar-refractivity contribution is -0.681. The normalized spacial score (nSPS) is 10.1. The SMILES string of the molecule is O=C(C[n+]1ccc2ccccc2c1)c1ccccc1[N+](=O)[O-].[Br-]. The topological polar surface area (TPSA) is 64.1 Å². The summed E-state index contributed by atoms with van der Waals surface area (Å²) in [5, 5.41) is 13.1. The number of pyridine rings is 1. The molecule has 0 aliphatic rings. The first kappa shape index (κ1) is 16.8. The molecule has 0 spiro atoms. The number of hydrogen-bond acceptors (Lipinski definition) is 3. The fraction of sp³-hybridized carbons (Fsp3) is 0.0588. The van der Waals surface area contributed by atoms with Crippen molar-refractivity contribution in [2.75, 3.05) is 0 Å². The highest BCUT2D eigenvalue weighted by atomic mass is 79.9. The van der Waals surface area contributed by atoms with Crippen LogP contribution in [0.2, 0.25) is 0 Å². The molecule has 0 unspecified atom stereocenters. The van der Waals surface area contributed by atoms with Crippen LogP contribution in [0, 0.1) is 10.1 Å². The Morgan fingerprint density at radius 3 is 2.39 bits per heavy atom. The van der Waals surface area contributed by atoms with Crippen LogP contribution < -0.4 is 21.5 Å². The maximum Gasteiger partial charge on any atom is 0.280 e. The van der Waals surface area contributed by atoms with E-state index in [1.807, 2.05) is 36.5 Å². The molecule has 1 aromatic heterocycles. The van der Waals surface area contributed by atoms with Crippen molar-refractivity contribution in [2.45, 2.75) is 6.54 Å². The predicted molar refractivity (Wildman–Crippen MR) is 81.6 cm³/mol. The number of aromatic nitrogens is 1. The highest BCUT2D eigenvalue weighted by Gasteiger charge is 2.22. The highest BCUT2D eigenvalue weighted by Crippen LogP contribution is 2.18. The second kappa shape index (κ2) is 7.11. The van der Waals surface area contributed by atoms with Crippen LogP contribution in [0.5, 0.6) is 0 Å². The summed E-state index contributed by atoms with van der Waals surface area (Å²) in [6, 6.07) is 15.8. The van der Waals surface area contributed by atoms with Crippen molar-refractivity contribution in [1.29, 1.82) is 0 Å². The number of hydrogen-bond donors (Lipinski definition) is 0. The molecule has 0 bridgehead atoms. The smallest absolute Gasteiger partial charge is 0.280 e. The zero-order valence-corrected chi connectivity index (χ0v) is 13.6. The molecule has 0 aliphatic heterocycles. The molecule has 3 aromatic rings. The number of halogens is 1. The zero-order chi connectivity index (χ0) is 15.5. The third kappa shape index (κ3) is 3.60. The highest BCUT2D eigenvalue weighted by molar-refractivity contribution is 5.98. The van der Waals surface area contributed by atoms with E-state index >= 15 is 0 Å². The van der Waals surface area contributed by atoms with Crippen LogP contribution in [0.4, 0.5) is 5.69 Å². The van der Waals surface area contributed by atoms with Gasteiger partial charge in [-0.3, -0.25) is 14.9 Å². The second-order valence-corrected chi connectivity index (χ2v) is 4.94. The fourth-order valence-electron chi connectivity index (χ4n) is 2.40. The molecule has 0 aliphatic carbocycles. The Hall–Kier alpha value is -2.60. The minimum atomic E-state index is -0.529. The maximum atomic E-state index is 12.4. The van der Waals surface area contributed by atoms with Crippen LogP contribution >= 0.6 is 0 Å². The van der Waals surface area contributed by atoms with Gasteiger partial charge in [-0.05, 0) is 17.5 Å². The van der Waals surface area contributed by atoms with E-state index in [4.69, 9.17) is 0 Å². The molecule has 5 nitrogen and oxygen atoms in total. The van der Waals surface area contributed by atoms with Gasteiger partial charge in [0.2, 0.25) is 12.3 Å². The summed E-state index contributed by atoms with van der Waals surface area (Å²) < 4.78 is 1.74. The van der Waals surface area contributed by atoms with E-state index in [1.165, 1.54) is 12.1 Å². The van der Waals surface area contributed by atoms with E-state index in [-0.39, 0.29) is 40.6 Å². The van der Waals surface area contributed by atoms with Gasteiger partial charge >= 0.3 is 0 Å². The van der Waals surface area contributed by atoms with Gasteiger partial charge in [-0.15, -0.1) is 0 Å². The first-order valence-corrected chi connectivity index (χ1v) is 6.79. The van der Waals surface area contributed by atoms with Gasteiger partial charge in [-0.1, -0.05) is 30.3 Å². The van der Waals surface area contributed by atoms with E-state index in [2.05, 4.69) is 0 Å². The van der Waals surface area contributed by atoms with Crippen LogP contribution in [-0.4, -0.2) is 10.7 Å². The molecular formula is C17H13BrN2O3. The van der Waals surface area contributed by atoms with Gasteiger partial charge in [-0.25, -0.2) is 0 Å². The molecule has 0 saturated heterocycles. The minimum absolute atomic E-state index is 0. The summed E-state index contributed by atoms with van der Waals surface area (Å²) in [5.74, 6) is -0.285. The number of carbonyl (C=O) groups excluding carboxylic acids is 1. The molecule has 1 heterocycles. The molecule has 0 N–H and O–H groups in total. The van der Waals surface area contributed by atoms with Crippen molar-refractivity contribution < 1.29 is 31.3 Å². The number of nitrogens with zero attached hydrogens (tertiary/aromatic N) is 2. The zero-order valence-electron chi connectivity index (χ0n) is 12.1. The molecule has 23 heavy (non-hydrogen) atoms. The molecule has 3 rings (SSSR count). The average molecular weight is 373 g/mol. The first-order chi connectivity index (χ1) is 10.6. The van der Waals surface area contributed by atoms with Crippen molar-refractivity contribution in [3.8, 4) is 0 Å². The molecule has 0 saturated carbocycles. The summed E-state index contributed by atoms with van der Waals surface area (Å²) >= 11 is 0. The number of benzene rings is 2. The van der Waals surface area contributed by atoms with Crippen molar-refractivity contribution in [1.82, 2.24) is 0 Å². The Labute approximate surface area is 143 Å². The summed E-state index contributed by atoms with van der Waals surface area (Å²) in [6.07, 6.45) is 3.66. The van der Waals surface area contributed by atoms with Gasteiger partial charge in [0.1, 0.15) is 5.56 Å². The molecular weight excluding hydrogens is 360 g/mol. The van der Waals surface area contributed by atoms with Gasteiger partial charge in [0, 0.05) is 17.5 Å².